The van der Waals surface area contributed by atoms with Crippen molar-refractivity contribution in [1.82, 2.24) is 15.1 Å². The Labute approximate surface area is 141 Å². The van der Waals surface area contributed by atoms with E-state index >= 15 is 0 Å². The van der Waals surface area contributed by atoms with Gasteiger partial charge in [-0.05, 0) is 30.5 Å². The van der Waals surface area contributed by atoms with Gasteiger partial charge in [0.25, 0.3) is 5.91 Å². The van der Waals surface area contributed by atoms with Crippen molar-refractivity contribution in [2.75, 3.05) is 6.54 Å². The molecule has 1 aromatic carbocycles. The van der Waals surface area contributed by atoms with E-state index in [9.17, 15) is 9.90 Å². The fourth-order valence-electron chi connectivity index (χ4n) is 2.29. The van der Waals surface area contributed by atoms with Gasteiger partial charge in [0.05, 0.1) is 17.4 Å². The van der Waals surface area contributed by atoms with Crippen LogP contribution in [-0.4, -0.2) is 27.3 Å². The van der Waals surface area contributed by atoms with Gasteiger partial charge in [-0.3, -0.25) is 9.48 Å². The molecule has 0 aliphatic carbocycles. The first-order valence-corrected chi connectivity index (χ1v) is 8.09. The van der Waals surface area contributed by atoms with Crippen LogP contribution in [-0.2, 0) is 6.54 Å². The van der Waals surface area contributed by atoms with Crippen LogP contribution in [0.25, 0.3) is 0 Å². The third-order valence-corrected chi connectivity index (χ3v) is 3.87. The van der Waals surface area contributed by atoms with Gasteiger partial charge in [-0.25, -0.2) is 0 Å². The maximum Gasteiger partial charge on any atom is 0.254 e. The molecule has 2 aromatic rings. The topological polar surface area (TPSA) is 67.2 Å². The van der Waals surface area contributed by atoms with Crippen molar-refractivity contribution in [2.45, 2.75) is 39.3 Å². The zero-order valence-electron chi connectivity index (χ0n) is 13.6. The Morgan fingerprint density at radius 1 is 1.35 bits per heavy atom. The molecule has 0 saturated carbocycles. The number of hydrogen-bond acceptors (Lipinski definition) is 3. The van der Waals surface area contributed by atoms with Gasteiger partial charge in [-0.2, -0.15) is 5.10 Å². The van der Waals surface area contributed by atoms with Crippen molar-refractivity contribution in [3.05, 3.63) is 52.3 Å². The first kappa shape index (κ1) is 17.5. The van der Waals surface area contributed by atoms with E-state index in [-0.39, 0.29) is 18.4 Å². The lowest BCUT2D eigenvalue weighted by molar-refractivity contribution is 0.0915. The number of nitrogens with zero attached hydrogens (tertiary/aromatic N) is 2. The van der Waals surface area contributed by atoms with Crippen LogP contribution in [0.5, 0.6) is 0 Å². The molecule has 1 amide bonds. The average Bonchev–Trinajstić information content (AvgIpc) is 2.97. The fourth-order valence-corrected chi connectivity index (χ4v) is 2.41. The predicted molar refractivity (Wildman–Crippen MR) is 90.7 cm³/mol. The lowest BCUT2D eigenvalue weighted by atomic mass is 10.1. The van der Waals surface area contributed by atoms with E-state index in [1.54, 1.807) is 35.1 Å². The molecule has 2 rings (SSSR count). The number of benzene rings is 1. The fraction of sp³-hybridized carbons (Fsp3) is 0.412. The summed E-state index contributed by atoms with van der Waals surface area (Å²) in [5.41, 5.74) is 2.04. The van der Waals surface area contributed by atoms with Gasteiger partial charge in [0.1, 0.15) is 0 Å². The Kier molecular flexibility index (Phi) is 5.80. The van der Waals surface area contributed by atoms with E-state index in [4.69, 9.17) is 11.6 Å². The number of aliphatic hydroxyl groups is 1. The first-order chi connectivity index (χ1) is 10.9. The zero-order chi connectivity index (χ0) is 17.0. The maximum atomic E-state index is 12.4. The minimum absolute atomic E-state index is 0.134. The smallest absolute Gasteiger partial charge is 0.254 e. The van der Waals surface area contributed by atoms with Crippen LogP contribution >= 0.6 is 11.6 Å². The quantitative estimate of drug-likeness (QED) is 0.852. The highest BCUT2D eigenvalue weighted by Gasteiger charge is 2.19. The van der Waals surface area contributed by atoms with Gasteiger partial charge < -0.3 is 10.4 Å². The van der Waals surface area contributed by atoms with E-state index in [0.717, 1.165) is 5.69 Å². The van der Waals surface area contributed by atoms with E-state index in [1.165, 1.54) is 0 Å². The summed E-state index contributed by atoms with van der Waals surface area (Å²) >= 11 is 5.83. The van der Waals surface area contributed by atoms with Crippen molar-refractivity contribution < 1.29 is 9.90 Å². The number of aliphatic hydroxyl groups excluding tert-OH is 1. The lowest BCUT2D eigenvalue weighted by Crippen LogP contribution is -2.29. The highest BCUT2D eigenvalue weighted by Crippen LogP contribution is 2.19. The molecule has 2 N–H and O–H groups in total. The van der Waals surface area contributed by atoms with Crippen molar-refractivity contribution in [3.8, 4) is 0 Å². The molecule has 0 fully saturated rings. The summed E-state index contributed by atoms with van der Waals surface area (Å²) in [5, 5.41) is 18.0. The predicted octanol–water partition coefficient (Wildman–Crippen LogP) is 3.14. The van der Waals surface area contributed by atoms with Crippen LogP contribution in [0.15, 0.2) is 30.5 Å². The molecule has 0 saturated heterocycles. The molecule has 5 nitrogen and oxygen atoms in total. The second kappa shape index (κ2) is 7.62. The largest absolute Gasteiger partial charge is 0.387 e. The third kappa shape index (κ3) is 4.33. The molecule has 6 heteroatoms. The van der Waals surface area contributed by atoms with Gasteiger partial charge >= 0.3 is 0 Å². The van der Waals surface area contributed by atoms with Gasteiger partial charge in [-0.1, -0.05) is 37.6 Å². The second-order valence-corrected chi connectivity index (χ2v) is 6.15. The van der Waals surface area contributed by atoms with Gasteiger partial charge in [0, 0.05) is 24.3 Å². The minimum Gasteiger partial charge on any atom is -0.387 e. The number of aryl methyl sites for hydroxylation is 1. The van der Waals surface area contributed by atoms with Crippen molar-refractivity contribution in [3.63, 3.8) is 0 Å². The number of rotatable bonds is 6. The summed E-state index contributed by atoms with van der Waals surface area (Å²) in [5.74, 6) is -0.0637. The second-order valence-electron chi connectivity index (χ2n) is 5.72. The van der Waals surface area contributed by atoms with E-state index in [2.05, 4.69) is 10.4 Å². The number of carbonyl (C=O) groups is 1. The molecular weight excluding hydrogens is 314 g/mol. The normalized spacial score (nSPS) is 12.4. The summed E-state index contributed by atoms with van der Waals surface area (Å²) in [6, 6.07) is 6.91. The van der Waals surface area contributed by atoms with Crippen LogP contribution in [0.4, 0.5) is 0 Å². The number of aromatic nitrogens is 2. The molecule has 1 heterocycles. The highest BCUT2D eigenvalue weighted by molar-refractivity contribution is 6.30. The molecule has 1 aromatic heterocycles. The molecule has 0 aliphatic rings. The molecule has 124 valence electrons. The van der Waals surface area contributed by atoms with Crippen LogP contribution in [0, 0.1) is 0 Å². The molecule has 23 heavy (non-hydrogen) atoms. The summed E-state index contributed by atoms with van der Waals surface area (Å²) < 4.78 is 1.75. The molecule has 0 radical (unpaired) electrons. The molecule has 0 aliphatic heterocycles. The monoisotopic (exact) mass is 335 g/mol. The van der Waals surface area contributed by atoms with E-state index < -0.39 is 6.10 Å². The summed E-state index contributed by atoms with van der Waals surface area (Å²) in [6.07, 6.45) is 0.972. The van der Waals surface area contributed by atoms with Crippen LogP contribution < -0.4 is 5.32 Å². The van der Waals surface area contributed by atoms with Crippen molar-refractivity contribution in [1.29, 1.82) is 0 Å². The molecule has 0 spiro atoms. The maximum absolute atomic E-state index is 12.4. The average molecular weight is 336 g/mol. The minimum atomic E-state index is -0.778. The van der Waals surface area contributed by atoms with E-state index in [0.29, 0.717) is 22.7 Å². The summed E-state index contributed by atoms with van der Waals surface area (Å²) in [4.78, 5) is 12.4. The van der Waals surface area contributed by atoms with Crippen LogP contribution in [0.2, 0.25) is 5.02 Å². The van der Waals surface area contributed by atoms with Crippen LogP contribution in [0.1, 0.15) is 54.4 Å². The summed E-state index contributed by atoms with van der Waals surface area (Å²) in [6.45, 7) is 6.82. The Morgan fingerprint density at radius 3 is 2.57 bits per heavy atom. The van der Waals surface area contributed by atoms with Gasteiger partial charge in [0.2, 0.25) is 0 Å². The van der Waals surface area contributed by atoms with E-state index in [1.807, 2.05) is 20.8 Å². The standard InChI is InChI=1S/C17H22ClN3O2/c1-4-21-10-14(16(20-21)11(2)3)17(23)19-9-15(22)12-5-7-13(18)8-6-12/h5-8,10-11,15,22H,4,9H2,1-3H3,(H,19,23)/t15-/m0/s1. The molecular formula is C17H22ClN3O2. The number of halogens is 1. The Hall–Kier alpha value is -1.85. The summed E-state index contributed by atoms with van der Waals surface area (Å²) in [7, 11) is 0. The van der Waals surface area contributed by atoms with Gasteiger partial charge in [0.15, 0.2) is 0 Å². The number of hydrogen-bond donors (Lipinski definition) is 2. The molecule has 1 atom stereocenters. The number of amides is 1. The Balaban J connectivity index is 2.04. The zero-order valence-corrected chi connectivity index (χ0v) is 14.3. The molecule has 0 unspecified atom stereocenters. The third-order valence-electron chi connectivity index (χ3n) is 3.62. The molecule has 0 bridgehead atoms. The van der Waals surface area contributed by atoms with Crippen LogP contribution in [0.3, 0.4) is 0 Å². The Bertz CT molecular complexity index is 665. The Morgan fingerprint density at radius 2 is 2.00 bits per heavy atom. The highest BCUT2D eigenvalue weighted by atomic mass is 35.5. The first-order valence-electron chi connectivity index (χ1n) is 7.71. The SMILES string of the molecule is CCn1cc(C(=O)NC[C@H](O)c2ccc(Cl)cc2)c(C(C)C)n1. The van der Waals surface area contributed by atoms with Crippen molar-refractivity contribution >= 4 is 17.5 Å². The number of nitrogens with one attached hydrogen (secondary N) is 1. The number of carbonyl (C=O) groups excluding carboxylic acids is 1. The van der Waals surface area contributed by atoms with Crippen molar-refractivity contribution in [2.24, 2.45) is 0 Å². The van der Waals surface area contributed by atoms with Gasteiger partial charge in [-0.15, -0.1) is 0 Å². The lowest BCUT2D eigenvalue weighted by Gasteiger charge is -2.12.